The maximum Gasteiger partial charge on any atom is 0.220 e. The molecule has 1 N–H and O–H groups in total. The Morgan fingerprint density at radius 3 is 2.75 bits per heavy atom. The summed E-state index contributed by atoms with van der Waals surface area (Å²) in [6.07, 6.45) is 3.78. The molecule has 0 aromatic carbocycles. The maximum atomic E-state index is 12.0. The van der Waals surface area contributed by atoms with Gasteiger partial charge < -0.3 is 10.1 Å². The summed E-state index contributed by atoms with van der Waals surface area (Å²) in [6.45, 7) is 6.39. The molecule has 1 aliphatic rings. The highest BCUT2D eigenvalue weighted by Crippen LogP contribution is 2.51. The molecule has 2 atom stereocenters. The van der Waals surface area contributed by atoms with Gasteiger partial charge in [0.05, 0.1) is 5.60 Å². The van der Waals surface area contributed by atoms with Gasteiger partial charge in [0.25, 0.3) is 0 Å². The number of rotatable bonds is 5. The van der Waals surface area contributed by atoms with Crippen molar-refractivity contribution in [3.8, 4) is 0 Å². The monoisotopic (exact) mass is 276 g/mol. The second kappa shape index (κ2) is 5.52. The number of carbonyl (C=O) groups excluding carboxylic acids is 1. The third-order valence-electron chi connectivity index (χ3n) is 4.95. The van der Waals surface area contributed by atoms with Gasteiger partial charge in [-0.3, -0.25) is 9.78 Å². The molecule has 1 saturated carbocycles. The highest BCUT2D eigenvalue weighted by molar-refractivity contribution is 5.76. The summed E-state index contributed by atoms with van der Waals surface area (Å²) in [6, 6.07) is 5.96. The van der Waals surface area contributed by atoms with Gasteiger partial charge in [0.2, 0.25) is 5.91 Å². The Hall–Kier alpha value is -1.42. The van der Waals surface area contributed by atoms with Gasteiger partial charge in [0.15, 0.2) is 0 Å². The molecule has 1 fully saturated rings. The fourth-order valence-electron chi connectivity index (χ4n) is 2.78. The minimum absolute atomic E-state index is 0.0393. The van der Waals surface area contributed by atoms with Crippen molar-refractivity contribution in [1.29, 1.82) is 0 Å². The summed E-state index contributed by atoms with van der Waals surface area (Å²) in [7, 11) is 1.74. The van der Waals surface area contributed by atoms with Gasteiger partial charge in [0.1, 0.15) is 0 Å². The molecule has 0 bridgehead atoms. The van der Waals surface area contributed by atoms with Crippen LogP contribution in [0.3, 0.4) is 0 Å². The molecule has 0 aliphatic heterocycles. The maximum absolute atomic E-state index is 12.0. The number of amides is 1. The molecule has 4 nitrogen and oxygen atoms in total. The summed E-state index contributed by atoms with van der Waals surface area (Å²) >= 11 is 0. The standard InChI is InChI=1S/C16H24N2O2/c1-15(2)13(11-16(15,3)20-4)18-14(19)9-8-12-7-5-6-10-17-12/h5-7,10,13H,8-9,11H2,1-4H3,(H,18,19)/t13-,16+/m1/s1. The van der Waals surface area contributed by atoms with Crippen molar-refractivity contribution in [1.82, 2.24) is 10.3 Å². The van der Waals surface area contributed by atoms with Gasteiger partial charge in [0, 0.05) is 36.9 Å². The Morgan fingerprint density at radius 2 is 2.20 bits per heavy atom. The predicted molar refractivity (Wildman–Crippen MR) is 78.3 cm³/mol. The summed E-state index contributed by atoms with van der Waals surface area (Å²) in [5.41, 5.74) is 0.770. The number of hydrogen-bond donors (Lipinski definition) is 1. The molecule has 0 spiro atoms. The molecule has 0 saturated heterocycles. The minimum atomic E-state index is -0.147. The molecular weight excluding hydrogens is 252 g/mol. The zero-order valence-corrected chi connectivity index (χ0v) is 12.8. The van der Waals surface area contributed by atoms with Crippen molar-refractivity contribution in [2.75, 3.05) is 7.11 Å². The van der Waals surface area contributed by atoms with Crippen LogP contribution in [0.25, 0.3) is 0 Å². The first kappa shape index (κ1) is 15.0. The molecule has 20 heavy (non-hydrogen) atoms. The van der Waals surface area contributed by atoms with Crippen LogP contribution in [-0.2, 0) is 16.0 Å². The van der Waals surface area contributed by atoms with E-state index in [1.54, 1.807) is 13.3 Å². The van der Waals surface area contributed by atoms with Crippen LogP contribution in [0.2, 0.25) is 0 Å². The second-order valence-corrected chi connectivity index (χ2v) is 6.30. The van der Waals surface area contributed by atoms with Crippen molar-refractivity contribution >= 4 is 5.91 Å². The number of nitrogens with one attached hydrogen (secondary N) is 1. The number of methoxy groups -OCH3 is 1. The number of pyridine rings is 1. The van der Waals surface area contributed by atoms with Crippen molar-refractivity contribution in [3.05, 3.63) is 30.1 Å². The molecule has 1 aromatic heterocycles. The van der Waals surface area contributed by atoms with Crippen molar-refractivity contribution in [2.24, 2.45) is 5.41 Å². The molecule has 0 unspecified atom stereocenters. The Kier molecular flexibility index (Phi) is 4.14. The number of aromatic nitrogens is 1. The highest BCUT2D eigenvalue weighted by Gasteiger charge is 2.58. The highest BCUT2D eigenvalue weighted by atomic mass is 16.5. The zero-order chi connectivity index (χ0) is 14.8. The van der Waals surface area contributed by atoms with E-state index in [1.807, 2.05) is 18.2 Å². The number of ether oxygens (including phenoxy) is 1. The van der Waals surface area contributed by atoms with E-state index in [2.05, 4.69) is 31.1 Å². The fourth-order valence-corrected chi connectivity index (χ4v) is 2.78. The molecule has 1 amide bonds. The second-order valence-electron chi connectivity index (χ2n) is 6.30. The predicted octanol–water partition coefficient (Wildman–Crippen LogP) is 2.33. The van der Waals surface area contributed by atoms with Crippen molar-refractivity contribution < 1.29 is 9.53 Å². The van der Waals surface area contributed by atoms with Gasteiger partial charge in [-0.2, -0.15) is 0 Å². The van der Waals surface area contributed by atoms with Crippen molar-refractivity contribution in [2.45, 2.75) is 51.7 Å². The molecular formula is C16H24N2O2. The van der Waals surface area contributed by atoms with E-state index in [1.165, 1.54) is 0 Å². The van der Waals surface area contributed by atoms with Gasteiger partial charge >= 0.3 is 0 Å². The SMILES string of the molecule is CO[C@@]1(C)C[C@@H](NC(=O)CCc2ccccn2)C1(C)C. The van der Waals surface area contributed by atoms with E-state index in [9.17, 15) is 4.79 Å². The zero-order valence-electron chi connectivity index (χ0n) is 12.8. The fraction of sp³-hybridized carbons (Fsp3) is 0.625. The molecule has 1 aliphatic carbocycles. The number of hydrogen-bond acceptors (Lipinski definition) is 3. The van der Waals surface area contributed by atoms with E-state index in [0.29, 0.717) is 12.8 Å². The summed E-state index contributed by atoms with van der Waals surface area (Å²) < 4.78 is 5.57. The first-order chi connectivity index (χ1) is 9.39. The van der Waals surface area contributed by atoms with Crippen LogP contribution in [0.15, 0.2) is 24.4 Å². The summed E-state index contributed by atoms with van der Waals surface area (Å²) in [5, 5.41) is 3.12. The van der Waals surface area contributed by atoms with Crippen LogP contribution >= 0.6 is 0 Å². The van der Waals surface area contributed by atoms with Gasteiger partial charge in [-0.1, -0.05) is 19.9 Å². The number of carbonyl (C=O) groups is 1. The summed E-state index contributed by atoms with van der Waals surface area (Å²) in [4.78, 5) is 16.3. The first-order valence-electron chi connectivity index (χ1n) is 7.13. The Balaban J connectivity index is 1.82. The van der Waals surface area contributed by atoms with Crippen molar-refractivity contribution in [3.63, 3.8) is 0 Å². The largest absolute Gasteiger partial charge is 0.378 e. The number of nitrogens with zero attached hydrogens (tertiary/aromatic N) is 1. The van der Waals surface area contributed by atoms with Gasteiger partial charge in [-0.05, 0) is 31.9 Å². The van der Waals surface area contributed by atoms with E-state index in [4.69, 9.17) is 4.74 Å². The summed E-state index contributed by atoms with van der Waals surface area (Å²) in [5.74, 6) is 0.0897. The lowest BCUT2D eigenvalue weighted by Crippen LogP contribution is -2.68. The van der Waals surface area contributed by atoms with Crippen LogP contribution in [0.4, 0.5) is 0 Å². The smallest absolute Gasteiger partial charge is 0.220 e. The third-order valence-corrected chi connectivity index (χ3v) is 4.95. The Morgan fingerprint density at radius 1 is 1.45 bits per heavy atom. The van der Waals surface area contributed by atoms with Crippen LogP contribution in [0.5, 0.6) is 0 Å². The van der Waals surface area contributed by atoms with E-state index in [-0.39, 0.29) is 23.0 Å². The Bertz CT molecular complexity index is 473. The number of aryl methyl sites for hydroxylation is 1. The lowest BCUT2D eigenvalue weighted by Gasteiger charge is -2.59. The average molecular weight is 276 g/mol. The van der Waals surface area contributed by atoms with Crippen LogP contribution < -0.4 is 5.32 Å². The molecule has 1 aromatic rings. The van der Waals surface area contributed by atoms with Gasteiger partial charge in [-0.15, -0.1) is 0 Å². The van der Waals surface area contributed by atoms with E-state index < -0.39 is 0 Å². The minimum Gasteiger partial charge on any atom is -0.378 e. The lowest BCUT2D eigenvalue weighted by atomic mass is 9.56. The van der Waals surface area contributed by atoms with E-state index >= 15 is 0 Å². The molecule has 1 heterocycles. The third kappa shape index (κ3) is 2.70. The van der Waals surface area contributed by atoms with Crippen LogP contribution in [0, 0.1) is 5.41 Å². The molecule has 0 radical (unpaired) electrons. The molecule has 4 heteroatoms. The first-order valence-corrected chi connectivity index (χ1v) is 7.13. The van der Waals surface area contributed by atoms with Gasteiger partial charge in [-0.25, -0.2) is 0 Å². The van der Waals surface area contributed by atoms with Crippen LogP contribution in [-0.4, -0.2) is 29.6 Å². The van der Waals surface area contributed by atoms with E-state index in [0.717, 1.165) is 12.1 Å². The normalized spacial score (nSPS) is 27.7. The quantitative estimate of drug-likeness (QED) is 0.898. The van der Waals surface area contributed by atoms with Crippen LogP contribution in [0.1, 0.15) is 39.3 Å². The Labute approximate surface area is 120 Å². The lowest BCUT2D eigenvalue weighted by molar-refractivity contribution is -0.182. The average Bonchev–Trinajstić information content (AvgIpc) is 2.45. The molecule has 2 rings (SSSR count). The molecule has 110 valence electrons. The topological polar surface area (TPSA) is 51.2 Å².